The van der Waals surface area contributed by atoms with Crippen LogP contribution in [0.25, 0.3) is 11.4 Å². The van der Waals surface area contributed by atoms with Gasteiger partial charge in [0.15, 0.2) is 0 Å². The van der Waals surface area contributed by atoms with Gasteiger partial charge in [-0.1, -0.05) is 29.8 Å². The van der Waals surface area contributed by atoms with Gasteiger partial charge in [-0.15, -0.1) is 10.2 Å². The zero-order chi connectivity index (χ0) is 15.4. The first kappa shape index (κ1) is 14.6. The lowest BCUT2D eigenvalue weighted by atomic mass is 10.1. The Balaban J connectivity index is 1.57. The van der Waals surface area contributed by atoms with E-state index < -0.39 is 0 Å². The molecular weight excluding hydrogens is 282 g/mol. The Labute approximate surface area is 128 Å². The smallest absolute Gasteiger partial charge is 0.224 e. The maximum Gasteiger partial charge on any atom is 0.224 e. The number of ether oxygens (including phenoxy) is 1. The summed E-state index contributed by atoms with van der Waals surface area (Å²) in [6.07, 6.45) is 0.379. The normalized spacial score (nSPS) is 15.0. The maximum absolute atomic E-state index is 12.1. The molecule has 1 aliphatic heterocycles. The lowest BCUT2D eigenvalue weighted by Gasteiger charge is -2.26. The van der Waals surface area contributed by atoms with Crippen molar-refractivity contribution in [2.75, 3.05) is 26.3 Å². The molecule has 1 amide bonds. The summed E-state index contributed by atoms with van der Waals surface area (Å²) in [6.45, 7) is 5.03. The molecule has 0 radical (unpaired) electrons. The summed E-state index contributed by atoms with van der Waals surface area (Å²) in [5, 5.41) is 12.4. The molecule has 116 valence electrons. The van der Waals surface area contributed by atoms with Crippen LogP contribution in [0.5, 0.6) is 0 Å². The number of rotatable bonds is 4. The van der Waals surface area contributed by atoms with Crippen molar-refractivity contribution in [1.82, 2.24) is 25.1 Å². The van der Waals surface area contributed by atoms with Crippen LogP contribution in [0.1, 0.15) is 12.0 Å². The molecular formula is C15H19N5O2. The van der Waals surface area contributed by atoms with Crippen molar-refractivity contribution in [2.24, 2.45) is 0 Å². The second kappa shape index (κ2) is 6.65. The summed E-state index contributed by atoms with van der Waals surface area (Å²) >= 11 is 0. The number of hydrogen-bond acceptors (Lipinski definition) is 5. The highest BCUT2D eigenvalue weighted by molar-refractivity contribution is 5.76. The number of amides is 1. The first-order valence-corrected chi connectivity index (χ1v) is 7.43. The van der Waals surface area contributed by atoms with E-state index in [4.69, 9.17) is 4.74 Å². The van der Waals surface area contributed by atoms with Gasteiger partial charge in [-0.2, -0.15) is 4.80 Å². The number of carbonyl (C=O) groups excluding carboxylic acids is 1. The van der Waals surface area contributed by atoms with Crippen LogP contribution >= 0.6 is 0 Å². The summed E-state index contributed by atoms with van der Waals surface area (Å²) in [6, 6.07) is 7.96. The van der Waals surface area contributed by atoms with Crippen molar-refractivity contribution in [3.05, 3.63) is 29.8 Å². The Morgan fingerprint density at radius 1 is 1.23 bits per heavy atom. The maximum atomic E-state index is 12.1. The highest BCUT2D eigenvalue weighted by Gasteiger charge is 2.17. The third kappa shape index (κ3) is 3.48. The van der Waals surface area contributed by atoms with Gasteiger partial charge in [0.05, 0.1) is 19.8 Å². The minimum Gasteiger partial charge on any atom is -0.378 e. The van der Waals surface area contributed by atoms with Gasteiger partial charge in [0, 0.05) is 25.1 Å². The van der Waals surface area contributed by atoms with Gasteiger partial charge < -0.3 is 9.64 Å². The van der Waals surface area contributed by atoms with Crippen molar-refractivity contribution in [2.45, 2.75) is 19.9 Å². The molecule has 0 bridgehead atoms. The van der Waals surface area contributed by atoms with Gasteiger partial charge in [-0.25, -0.2) is 0 Å². The monoisotopic (exact) mass is 301 g/mol. The van der Waals surface area contributed by atoms with E-state index in [2.05, 4.69) is 15.4 Å². The second-order valence-corrected chi connectivity index (χ2v) is 5.32. The highest BCUT2D eigenvalue weighted by atomic mass is 16.5. The lowest BCUT2D eigenvalue weighted by molar-refractivity contribution is -0.135. The number of aryl methyl sites for hydroxylation is 2. The van der Waals surface area contributed by atoms with Crippen LogP contribution in [0.15, 0.2) is 24.3 Å². The Morgan fingerprint density at radius 3 is 2.68 bits per heavy atom. The molecule has 1 aliphatic rings. The molecule has 0 saturated carbocycles. The van der Waals surface area contributed by atoms with Crippen LogP contribution in [0.3, 0.4) is 0 Å². The number of morpholine rings is 1. The number of benzene rings is 1. The largest absolute Gasteiger partial charge is 0.378 e. The van der Waals surface area contributed by atoms with Crippen molar-refractivity contribution >= 4 is 5.91 Å². The zero-order valence-electron chi connectivity index (χ0n) is 12.6. The van der Waals surface area contributed by atoms with Gasteiger partial charge >= 0.3 is 0 Å². The molecule has 3 rings (SSSR count). The number of nitrogens with zero attached hydrogens (tertiary/aromatic N) is 5. The SMILES string of the molecule is Cc1ccc(-c2nnn(CCC(=O)N3CCOCC3)n2)cc1. The zero-order valence-corrected chi connectivity index (χ0v) is 12.6. The van der Waals surface area contributed by atoms with E-state index >= 15 is 0 Å². The van der Waals surface area contributed by atoms with E-state index in [9.17, 15) is 4.79 Å². The van der Waals surface area contributed by atoms with Crippen LogP contribution in [0, 0.1) is 6.92 Å². The molecule has 1 fully saturated rings. The number of hydrogen-bond donors (Lipinski definition) is 0. The lowest BCUT2D eigenvalue weighted by Crippen LogP contribution is -2.41. The number of aromatic nitrogens is 4. The molecule has 0 unspecified atom stereocenters. The van der Waals surface area contributed by atoms with E-state index in [0.29, 0.717) is 45.1 Å². The summed E-state index contributed by atoms with van der Waals surface area (Å²) in [5.41, 5.74) is 2.11. The van der Waals surface area contributed by atoms with Gasteiger partial charge in [0.25, 0.3) is 0 Å². The Hall–Kier alpha value is -2.28. The van der Waals surface area contributed by atoms with Crippen molar-refractivity contribution in [3.8, 4) is 11.4 Å². The van der Waals surface area contributed by atoms with E-state index in [-0.39, 0.29) is 5.91 Å². The second-order valence-electron chi connectivity index (χ2n) is 5.32. The van der Waals surface area contributed by atoms with Crippen LogP contribution in [-0.4, -0.2) is 57.3 Å². The molecule has 0 atom stereocenters. The molecule has 0 N–H and O–H groups in total. The first-order chi connectivity index (χ1) is 10.7. The van der Waals surface area contributed by atoms with E-state index in [0.717, 1.165) is 5.56 Å². The topological polar surface area (TPSA) is 73.1 Å². The van der Waals surface area contributed by atoms with Crippen LogP contribution in [0.4, 0.5) is 0 Å². The average Bonchev–Trinajstić information content (AvgIpc) is 3.03. The predicted octanol–water partition coefficient (Wildman–Crippen LogP) is 0.897. The molecule has 22 heavy (non-hydrogen) atoms. The Kier molecular flexibility index (Phi) is 4.43. The predicted molar refractivity (Wildman–Crippen MR) is 80.0 cm³/mol. The molecule has 0 aliphatic carbocycles. The summed E-state index contributed by atoms with van der Waals surface area (Å²) < 4.78 is 5.24. The molecule has 7 heteroatoms. The fraction of sp³-hybridized carbons (Fsp3) is 0.467. The van der Waals surface area contributed by atoms with Crippen LogP contribution in [0.2, 0.25) is 0 Å². The quantitative estimate of drug-likeness (QED) is 0.839. The average molecular weight is 301 g/mol. The highest BCUT2D eigenvalue weighted by Crippen LogP contribution is 2.14. The van der Waals surface area contributed by atoms with Gasteiger partial charge in [-0.3, -0.25) is 4.79 Å². The number of tetrazole rings is 1. The molecule has 1 aromatic heterocycles. The van der Waals surface area contributed by atoms with E-state index in [1.807, 2.05) is 36.1 Å². The van der Waals surface area contributed by atoms with Gasteiger partial charge in [-0.05, 0) is 12.1 Å². The van der Waals surface area contributed by atoms with E-state index in [1.165, 1.54) is 10.4 Å². The first-order valence-electron chi connectivity index (χ1n) is 7.43. The molecule has 1 saturated heterocycles. The third-order valence-electron chi connectivity index (χ3n) is 3.65. The Morgan fingerprint density at radius 2 is 1.95 bits per heavy atom. The number of carbonyl (C=O) groups is 1. The fourth-order valence-corrected chi connectivity index (χ4v) is 2.32. The summed E-state index contributed by atoms with van der Waals surface area (Å²) in [5.74, 6) is 0.691. The Bertz CT molecular complexity index is 632. The molecule has 7 nitrogen and oxygen atoms in total. The summed E-state index contributed by atoms with van der Waals surface area (Å²) in [7, 11) is 0. The molecule has 2 aromatic rings. The van der Waals surface area contributed by atoms with Crippen molar-refractivity contribution in [3.63, 3.8) is 0 Å². The van der Waals surface area contributed by atoms with Gasteiger partial charge in [0.2, 0.25) is 11.7 Å². The minimum absolute atomic E-state index is 0.109. The fourth-order valence-electron chi connectivity index (χ4n) is 2.32. The van der Waals surface area contributed by atoms with Crippen LogP contribution in [-0.2, 0) is 16.1 Å². The minimum atomic E-state index is 0.109. The van der Waals surface area contributed by atoms with Crippen LogP contribution < -0.4 is 0 Å². The standard InChI is InChI=1S/C15H19N5O2/c1-12-2-4-13(5-3-12)15-16-18-20(17-15)7-6-14(21)19-8-10-22-11-9-19/h2-5H,6-11H2,1H3. The van der Waals surface area contributed by atoms with E-state index in [1.54, 1.807) is 0 Å². The van der Waals surface area contributed by atoms with Crippen molar-refractivity contribution in [1.29, 1.82) is 0 Å². The molecule has 0 spiro atoms. The van der Waals surface area contributed by atoms with Gasteiger partial charge in [0.1, 0.15) is 0 Å². The molecule has 1 aromatic carbocycles. The summed E-state index contributed by atoms with van der Waals surface area (Å²) in [4.78, 5) is 15.4. The third-order valence-corrected chi connectivity index (χ3v) is 3.65. The van der Waals surface area contributed by atoms with Crippen molar-refractivity contribution < 1.29 is 9.53 Å². The molecule has 2 heterocycles.